The Morgan fingerprint density at radius 1 is 1.03 bits per heavy atom. The number of halogens is 1. The van der Waals surface area contributed by atoms with Gasteiger partial charge in [0.05, 0.1) is 6.61 Å². The maximum Gasteiger partial charge on any atom is 0.249 e. The number of anilines is 1. The highest BCUT2D eigenvalue weighted by Crippen LogP contribution is 2.22. The van der Waals surface area contributed by atoms with E-state index in [0.717, 1.165) is 24.3 Å². The van der Waals surface area contributed by atoms with Crippen LogP contribution in [0.15, 0.2) is 54.6 Å². The Balaban J connectivity index is 1.42. The van der Waals surface area contributed by atoms with Gasteiger partial charge in [-0.05, 0) is 23.8 Å². The molecule has 2 aromatic rings. The molecule has 0 aromatic heterocycles. The molecule has 0 saturated carbocycles. The lowest BCUT2D eigenvalue weighted by molar-refractivity contribution is -0.160. The van der Waals surface area contributed by atoms with E-state index in [-0.39, 0.29) is 25.0 Å². The van der Waals surface area contributed by atoms with Gasteiger partial charge in [-0.15, -0.1) is 0 Å². The molecule has 0 radical (unpaired) electrons. The van der Waals surface area contributed by atoms with Crippen LogP contribution in [0.2, 0.25) is 5.02 Å². The highest BCUT2D eigenvalue weighted by molar-refractivity contribution is 6.30. The average molecular weight is 414 g/mol. The minimum absolute atomic E-state index is 0.0269. The van der Waals surface area contributed by atoms with Gasteiger partial charge < -0.3 is 19.4 Å². The number of ether oxygens (including phenoxy) is 1. The molecule has 2 amide bonds. The van der Waals surface area contributed by atoms with E-state index in [1.807, 2.05) is 59.5 Å². The molecule has 2 fully saturated rings. The molecule has 2 aliphatic heterocycles. The molecular formula is C22H24ClN3O3. The van der Waals surface area contributed by atoms with Crippen LogP contribution >= 0.6 is 11.6 Å². The van der Waals surface area contributed by atoms with Crippen molar-refractivity contribution in [2.45, 2.75) is 12.6 Å². The van der Waals surface area contributed by atoms with Gasteiger partial charge in [0, 0.05) is 43.4 Å². The second-order valence-corrected chi connectivity index (χ2v) is 7.77. The Morgan fingerprint density at radius 3 is 2.52 bits per heavy atom. The zero-order valence-electron chi connectivity index (χ0n) is 16.2. The Morgan fingerprint density at radius 2 is 1.79 bits per heavy atom. The first kappa shape index (κ1) is 19.7. The van der Waals surface area contributed by atoms with E-state index < -0.39 is 6.04 Å². The number of amides is 2. The van der Waals surface area contributed by atoms with E-state index in [4.69, 9.17) is 16.3 Å². The van der Waals surface area contributed by atoms with Crippen molar-refractivity contribution in [3.8, 4) is 0 Å². The van der Waals surface area contributed by atoms with Crippen molar-refractivity contribution >= 4 is 29.1 Å². The van der Waals surface area contributed by atoms with E-state index in [1.54, 1.807) is 4.90 Å². The number of carbonyl (C=O) groups is 2. The number of rotatable bonds is 4. The quantitative estimate of drug-likeness (QED) is 0.772. The van der Waals surface area contributed by atoms with Crippen molar-refractivity contribution in [3.63, 3.8) is 0 Å². The molecule has 2 aromatic carbocycles. The zero-order valence-corrected chi connectivity index (χ0v) is 16.9. The van der Waals surface area contributed by atoms with Crippen molar-refractivity contribution in [3.05, 3.63) is 65.2 Å². The summed E-state index contributed by atoms with van der Waals surface area (Å²) in [6.07, 6.45) is 0. The number of piperazine rings is 1. The van der Waals surface area contributed by atoms with Gasteiger partial charge >= 0.3 is 0 Å². The standard InChI is InChI=1S/C22H24ClN3O3/c23-18-7-4-8-19(13-18)24-9-11-25(12-10-24)22(28)20-15-29-16-21(27)26(20)14-17-5-2-1-3-6-17/h1-8,13,20H,9-12,14-16H2. The summed E-state index contributed by atoms with van der Waals surface area (Å²) in [5, 5.41) is 0.704. The average Bonchev–Trinajstić information content (AvgIpc) is 2.75. The first-order chi connectivity index (χ1) is 14.1. The number of morpholine rings is 1. The normalized spacial score (nSPS) is 20.1. The van der Waals surface area contributed by atoms with Crippen molar-refractivity contribution in [1.29, 1.82) is 0 Å². The summed E-state index contributed by atoms with van der Waals surface area (Å²) in [5.41, 5.74) is 2.07. The third-order valence-electron chi connectivity index (χ3n) is 5.44. The summed E-state index contributed by atoms with van der Waals surface area (Å²) in [7, 11) is 0. The smallest absolute Gasteiger partial charge is 0.249 e. The molecule has 4 rings (SSSR count). The van der Waals surface area contributed by atoms with Crippen molar-refractivity contribution in [2.24, 2.45) is 0 Å². The second kappa shape index (κ2) is 8.84. The van der Waals surface area contributed by atoms with Gasteiger partial charge in [0.2, 0.25) is 11.8 Å². The van der Waals surface area contributed by atoms with E-state index in [2.05, 4.69) is 4.90 Å². The van der Waals surface area contributed by atoms with Gasteiger partial charge in [0.25, 0.3) is 0 Å². The number of hydrogen-bond donors (Lipinski definition) is 0. The van der Waals surface area contributed by atoms with Crippen LogP contribution in [-0.2, 0) is 20.9 Å². The summed E-state index contributed by atoms with van der Waals surface area (Å²) < 4.78 is 5.41. The lowest BCUT2D eigenvalue weighted by Gasteiger charge is -2.41. The van der Waals surface area contributed by atoms with Crippen LogP contribution in [0, 0.1) is 0 Å². The summed E-state index contributed by atoms with van der Waals surface area (Å²) in [5.74, 6) is -0.184. The molecule has 7 heteroatoms. The van der Waals surface area contributed by atoms with Gasteiger partial charge in [-0.2, -0.15) is 0 Å². The molecule has 0 aliphatic carbocycles. The fraction of sp³-hybridized carbons (Fsp3) is 0.364. The molecule has 1 atom stereocenters. The lowest BCUT2D eigenvalue weighted by atomic mass is 10.1. The van der Waals surface area contributed by atoms with Crippen LogP contribution in [-0.4, -0.2) is 67.0 Å². The third kappa shape index (κ3) is 4.54. The molecule has 0 N–H and O–H groups in total. The van der Waals surface area contributed by atoms with Gasteiger partial charge in [-0.1, -0.05) is 48.0 Å². The monoisotopic (exact) mass is 413 g/mol. The zero-order chi connectivity index (χ0) is 20.2. The van der Waals surface area contributed by atoms with E-state index in [1.165, 1.54) is 0 Å². The lowest BCUT2D eigenvalue weighted by Crippen LogP contribution is -2.59. The highest BCUT2D eigenvalue weighted by atomic mass is 35.5. The van der Waals surface area contributed by atoms with Crippen molar-refractivity contribution in [2.75, 3.05) is 44.3 Å². The first-order valence-corrected chi connectivity index (χ1v) is 10.2. The van der Waals surface area contributed by atoms with Gasteiger partial charge in [0.1, 0.15) is 12.6 Å². The van der Waals surface area contributed by atoms with E-state index >= 15 is 0 Å². The maximum absolute atomic E-state index is 13.2. The van der Waals surface area contributed by atoms with Crippen LogP contribution in [0.25, 0.3) is 0 Å². The maximum atomic E-state index is 13.2. The Bertz CT molecular complexity index is 869. The SMILES string of the molecule is O=C(C1COCC(=O)N1Cc1ccccc1)N1CCN(c2cccc(Cl)c2)CC1. The molecule has 2 saturated heterocycles. The van der Waals surface area contributed by atoms with Crippen molar-refractivity contribution in [1.82, 2.24) is 9.80 Å². The Kier molecular flexibility index (Phi) is 6.02. The predicted octanol–water partition coefficient (Wildman–Crippen LogP) is 2.42. The van der Waals surface area contributed by atoms with Crippen molar-refractivity contribution < 1.29 is 14.3 Å². The van der Waals surface area contributed by atoms with Crippen LogP contribution in [0.1, 0.15) is 5.56 Å². The molecule has 0 bridgehead atoms. The van der Waals surface area contributed by atoms with Crippen LogP contribution in [0.4, 0.5) is 5.69 Å². The highest BCUT2D eigenvalue weighted by Gasteiger charge is 2.37. The Labute approximate surface area is 175 Å². The molecule has 1 unspecified atom stereocenters. The van der Waals surface area contributed by atoms with Crippen LogP contribution < -0.4 is 4.90 Å². The van der Waals surface area contributed by atoms with Crippen LogP contribution in [0.5, 0.6) is 0 Å². The number of carbonyl (C=O) groups excluding carboxylic acids is 2. The number of benzene rings is 2. The summed E-state index contributed by atoms with van der Waals surface area (Å²) in [6, 6.07) is 16.9. The minimum Gasteiger partial charge on any atom is -0.369 e. The van der Waals surface area contributed by atoms with Crippen LogP contribution in [0.3, 0.4) is 0 Å². The van der Waals surface area contributed by atoms with Gasteiger partial charge in [0.15, 0.2) is 0 Å². The third-order valence-corrected chi connectivity index (χ3v) is 5.68. The molecule has 29 heavy (non-hydrogen) atoms. The molecule has 152 valence electrons. The number of hydrogen-bond acceptors (Lipinski definition) is 4. The summed E-state index contributed by atoms with van der Waals surface area (Å²) in [6.45, 7) is 3.36. The summed E-state index contributed by atoms with van der Waals surface area (Å²) >= 11 is 6.10. The molecular weight excluding hydrogens is 390 g/mol. The molecule has 0 spiro atoms. The predicted molar refractivity (Wildman–Crippen MR) is 112 cm³/mol. The first-order valence-electron chi connectivity index (χ1n) is 9.82. The fourth-order valence-electron chi connectivity index (χ4n) is 3.86. The topological polar surface area (TPSA) is 53.1 Å². The molecule has 2 heterocycles. The molecule has 2 aliphatic rings. The van der Waals surface area contributed by atoms with Gasteiger partial charge in [-0.3, -0.25) is 9.59 Å². The second-order valence-electron chi connectivity index (χ2n) is 7.33. The van der Waals surface area contributed by atoms with E-state index in [9.17, 15) is 9.59 Å². The van der Waals surface area contributed by atoms with Gasteiger partial charge in [-0.25, -0.2) is 0 Å². The minimum atomic E-state index is -0.575. The molecule has 6 nitrogen and oxygen atoms in total. The number of nitrogens with zero attached hydrogens (tertiary/aromatic N) is 3. The largest absolute Gasteiger partial charge is 0.369 e. The summed E-state index contributed by atoms with van der Waals surface area (Å²) in [4.78, 5) is 31.4. The van der Waals surface area contributed by atoms with E-state index in [0.29, 0.717) is 24.7 Å². The Hall–Kier alpha value is -2.57. The fourth-order valence-corrected chi connectivity index (χ4v) is 4.04.